The van der Waals surface area contributed by atoms with E-state index in [0.29, 0.717) is 12.1 Å². The van der Waals surface area contributed by atoms with Crippen LogP contribution in [0.25, 0.3) is 11.0 Å². The van der Waals surface area contributed by atoms with E-state index in [1.165, 1.54) is 0 Å². The average molecular weight is 280 g/mol. The van der Waals surface area contributed by atoms with Crippen LogP contribution in [0.3, 0.4) is 0 Å². The van der Waals surface area contributed by atoms with Crippen LogP contribution in [0.1, 0.15) is 10.4 Å². The first-order chi connectivity index (χ1) is 7.66. The summed E-state index contributed by atoms with van der Waals surface area (Å²) in [5.74, 6) is -0.128. The minimum absolute atomic E-state index is 0.128. The zero-order valence-electron chi connectivity index (χ0n) is 8.46. The van der Waals surface area contributed by atoms with Crippen LogP contribution in [-0.2, 0) is 0 Å². The predicted octanol–water partition coefficient (Wildman–Crippen LogP) is 2.20. The number of aromatic amines is 1. The fraction of sp³-hybridized carbons (Fsp3) is 0.0909. The minimum atomic E-state index is -0.128. The van der Waals surface area contributed by atoms with Gasteiger partial charge >= 0.3 is 0 Å². The molecule has 0 saturated carbocycles. The summed E-state index contributed by atoms with van der Waals surface area (Å²) in [7, 11) is 0. The Hall–Kier alpha value is -1.62. The van der Waals surface area contributed by atoms with Gasteiger partial charge in [-0.15, -0.1) is 0 Å². The molecule has 16 heavy (non-hydrogen) atoms. The molecule has 1 heterocycles. The fourth-order valence-electron chi connectivity index (χ4n) is 1.36. The molecular weight excluding hydrogens is 270 g/mol. The van der Waals surface area contributed by atoms with Crippen LogP contribution in [0.5, 0.6) is 0 Å². The van der Waals surface area contributed by atoms with Gasteiger partial charge in [0.05, 0.1) is 17.4 Å². The van der Waals surface area contributed by atoms with Crippen LogP contribution < -0.4 is 5.32 Å². The van der Waals surface area contributed by atoms with E-state index in [1.54, 1.807) is 18.5 Å². The second kappa shape index (κ2) is 4.49. The summed E-state index contributed by atoms with van der Waals surface area (Å²) in [5, 5.41) is 2.74. The van der Waals surface area contributed by atoms with Gasteiger partial charge in [0.2, 0.25) is 0 Å². The van der Waals surface area contributed by atoms with Gasteiger partial charge in [0.1, 0.15) is 0 Å². The maximum absolute atomic E-state index is 11.7. The number of H-pyrrole nitrogens is 1. The molecule has 5 heteroatoms. The Morgan fingerprint density at radius 2 is 2.38 bits per heavy atom. The number of aromatic nitrogens is 2. The van der Waals surface area contributed by atoms with Gasteiger partial charge < -0.3 is 10.3 Å². The summed E-state index contributed by atoms with van der Waals surface area (Å²) in [6, 6.07) is 5.33. The van der Waals surface area contributed by atoms with E-state index >= 15 is 0 Å². The molecule has 82 valence electrons. The van der Waals surface area contributed by atoms with Crippen LogP contribution in [0.15, 0.2) is 35.6 Å². The van der Waals surface area contributed by atoms with Crippen molar-refractivity contribution in [2.45, 2.75) is 0 Å². The number of imidazole rings is 1. The molecule has 0 fully saturated rings. The lowest BCUT2D eigenvalue weighted by atomic mass is 10.2. The Kier molecular flexibility index (Phi) is 3.05. The summed E-state index contributed by atoms with van der Waals surface area (Å²) < 4.78 is 0.739. The molecule has 1 aromatic heterocycles. The third-order valence-corrected chi connectivity index (χ3v) is 2.40. The lowest BCUT2D eigenvalue weighted by Gasteiger charge is -2.03. The molecule has 0 aliphatic heterocycles. The van der Waals surface area contributed by atoms with E-state index in [2.05, 4.69) is 37.8 Å². The number of nitrogens with zero attached hydrogens (tertiary/aromatic N) is 1. The molecule has 0 spiro atoms. The topological polar surface area (TPSA) is 57.8 Å². The van der Waals surface area contributed by atoms with Gasteiger partial charge in [0, 0.05) is 16.6 Å². The van der Waals surface area contributed by atoms with Gasteiger partial charge in [-0.1, -0.05) is 22.5 Å². The molecule has 0 aliphatic rings. The van der Waals surface area contributed by atoms with Crippen LogP contribution in [0.2, 0.25) is 0 Å². The van der Waals surface area contributed by atoms with Crippen molar-refractivity contribution in [3.05, 3.63) is 41.2 Å². The van der Waals surface area contributed by atoms with Gasteiger partial charge in [0.15, 0.2) is 0 Å². The van der Waals surface area contributed by atoms with Crippen molar-refractivity contribution < 1.29 is 4.79 Å². The van der Waals surface area contributed by atoms with Gasteiger partial charge in [-0.05, 0) is 18.2 Å². The normalized spacial score (nSPS) is 10.3. The number of halogens is 1. The first-order valence-corrected chi connectivity index (χ1v) is 5.51. The van der Waals surface area contributed by atoms with E-state index in [0.717, 1.165) is 15.5 Å². The van der Waals surface area contributed by atoms with Crippen molar-refractivity contribution in [2.75, 3.05) is 6.54 Å². The highest BCUT2D eigenvalue weighted by Gasteiger charge is 2.06. The Balaban J connectivity index is 2.19. The van der Waals surface area contributed by atoms with Crippen molar-refractivity contribution in [3.63, 3.8) is 0 Å². The lowest BCUT2D eigenvalue weighted by molar-refractivity contribution is 0.0958. The first-order valence-electron chi connectivity index (χ1n) is 4.71. The Labute approximate surface area is 101 Å². The molecule has 0 saturated heterocycles. The molecule has 1 amide bonds. The Morgan fingerprint density at radius 1 is 1.56 bits per heavy atom. The number of fused-ring (bicyclic) bond motifs is 1. The third kappa shape index (κ3) is 2.30. The van der Waals surface area contributed by atoms with Gasteiger partial charge in [-0.3, -0.25) is 4.79 Å². The number of rotatable bonds is 3. The van der Waals surface area contributed by atoms with E-state index in [-0.39, 0.29) is 5.91 Å². The molecule has 0 radical (unpaired) electrons. The number of benzene rings is 1. The van der Waals surface area contributed by atoms with Crippen LogP contribution in [-0.4, -0.2) is 22.4 Å². The van der Waals surface area contributed by atoms with Gasteiger partial charge in [0.25, 0.3) is 5.91 Å². The van der Waals surface area contributed by atoms with Crippen LogP contribution >= 0.6 is 15.9 Å². The lowest BCUT2D eigenvalue weighted by Crippen LogP contribution is -2.24. The predicted molar refractivity (Wildman–Crippen MR) is 66.5 cm³/mol. The number of carbonyl (C=O) groups excluding carboxylic acids is 1. The molecule has 0 unspecified atom stereocenters. The number of carbonyl (C=O) groups is 1. The van der Waals surface area contributed by atoms with Crippen molar-refractivity contribution in [1.29, 1.82) is 0 Å². The van der Waals surface area contributed by atoms with Crippen LogP contribution in [0.4, 0.5) is 0 Å². The maximum Gasteiger partial charge on any atom is 0.251 e. The van der Waals surface area contributed by atoms with Crippen molar-refractivity contribution in [2.24, 2.45) is 0 Å². The number of amides is 1. The first kappa shape index (κ1) is 10.9. The molecule has 0 aliphatic carbocycles. The van der Waals surface area contributed by atoms with Crippen molar-refractivity contribution in [1.82, 2.24) is 15.3 Å². The summed E-state index contributed by atoms with van der Waals surface area (Å²) in [4.78, 5) is 18.8. The zero-order chi connectivity index (χ0) is 11.5. The van der Waals surface area contributed by atoms with E-state index < -0.39 is 0 Å². The SMILES string of the molecule is C=C(Br)CNC(=O)c1ccc2nc[nH]c2c1. The minimum Gasteiger partial charge on any atom is -0.347 e. The highest BCUT2D eigenvalue weighted by Crippen LogP contribution is 2.11. The van der Waals surface area contributed by atoms with E-state index in [9.17, 15) is 4.79 Å². The highest BCUT2D eigenvalue weighted by molar-refractivity contribution is 9.11. The molecule has 0 atom stereocenters. The Bertz CT molecular complexity index is 547. The highest BCUT2D eigenvalue weighted by atomic mass is 79.9. The number of hydrogen-bond acceptors (Lipinski definition) is 2. The molecule has 2 aromatic rings. The molecule has 4 nitrogen and oxygen atoms in total. The summed E-state index contributed by atoms with van der Waals surface area (Å²) >= 11 is 3.18. The van der Waals surface area contributed by atoms with Gasteiger partial charge in [-0.2, -0.15) is 0 Å². The largest absolute Gasteiger partial charge is 0.347 e. The standard InChI is InChI=1S/C11H10BrN3O/c1-7(12)5-13-11(16)8-2-3-9-10(4-8)15-6-14-9/h2-4,6H,1,5H2,(H,13,16)(H,14,15). The van der Waals surface area contributed by atoms with E-state index in [4.69, 9.17) is 0 Å². The summed E-state index contributed by atoms with van der Waals surface area (Å²) in [5.41, 5.74) is 2.30. The summed E-state index contributed by atoms with van der Waals surface area (Å²) in [6.45, 7) is 4.06. The molecule has 2 rings (SSSR count). The number of hydrogen-bond donors (Lipinski definition) is 2. The quantitative estimate of drug-likeness (QED) is 0.905. The van der Waals surface area contributed by atoms with Crippen molar-refractivity contribution >= 4 is 32.9 Å². The van der Waals surface area contributed by atoms with Crippen LogP contribution in [0, 0.1) is 0 Å². The molecule has 0 bridgehead atoms. The van der Waals surface area contributed by atoms with E-state index in [1.807, 2.05) is 6.07 Å². The molecule has 1 aromatic carbocycles. The molecule has 2 N–H and O–H groups in total. The molecular formula is C11H10BrN3O. The van der Waals surface area contributed by atoms with Crippen molar-refractivity contribution in [3.8, 4) is 0 Å². The number of nitrogens with one attached hydrogen (secondary N) is 2. The monoisotopic (exact) mass is 279 g/mol. The fourth-order valence-corrected chi connectivity index (χ4v) is 1.50. The van der Waals surface area contributed by atoms with Gasteiger partial charge in [-0.25, -0.2) is 4.98 Å². The second-order valence-electron chi connectivity index (χ2n) is 3.33. The average Bonchev–Trinajstić information content (AvgIpc) is 2.72. The smallest absolute Gasteiger partial charge is 0.251 e. The maximum atomic E-state index is 11.7. The Morgan fingerprint density at radius 3 is 3.12 bits per heavy atom. The second-order valence-corrected chi connectivity index (χ2v) is 4.46. The third-order valence-electron chi connectivity index (χ3n) is 2.12. The zero-order valence-corrected chi connectivity index (χ0v) is 10.0. The summed E-state index contributed by atoms with van der Waals surface area (Å²) in [6.07, 6.45) is 1.60.